The second-order valence-electron chi connectivity index (χ2n) is 4.73. The van der Waals surface area contributed by atoms with Gasteiger partial charge in [0.25, 0.3) is 0 Å². The van der Waals surface area contributed by atoms with Gasteiger partial charge in [0.2, 0.25) is 0 Å². The highest BCUT2D eigenvalue weighted by molar-refractivity contribution is 5.89. The van der Waals surface area contributed by atoms with Crippen LogP contribution in [0, 0.1) is 18.3 Å². The number of carbonyl (C=O) groups excluding carboxylic acids is 1. The molecule has 0 spiro atoms. The lowest BCUT2D eigenvalue weighted by atomic mass is 9.91. The van der Waals surface area contributed by atoms with Gasteiger partial charge in [-0.25, -0.2) is 0 Å². The van der Waals surface area contributed by atoms with Gasteiger partial charge in [-0.2, -0.15) is 5.26 Å². The maximum absolute atomic E-state index is 12.2. The van der Waals surface area contributed by atoms with Crippen LogP contribution in [0.25, 0.3) is 0 Å². The standard InChI is InChI=1S/C16H21NO2/c1-4-5-6-7-15(18)14(11-17)13-10-12(2)8-9-16(13)19-3/h8-10,14H,4-7H2,1-3H3. The molecule has 3 heteroatoms. The molecule has 0 fully saturated rings. The van der Waals surface area contributed by atoms with Gasteiger partial charge in [0, 0.05) is 12.0 Å². The molecule has 0 aromatic heterocycles. The number of nitrogens with zero attached hydrogens (tertiary/aromatic N) is 1. The Bertz CT molecular complexity index is 474. The van der Waals surface area contributed by atoms with E-state index in [2.05, 4.69) is 13.0 Å². The molecule has 0 saturated carbocycles. The summed E-state index contributed by atoms with van der Waals surface area (Å²) in [7, 11) is 1.56. The van der Waals surface area contributed by atoms with E-state index in [4.69, 9.17) is 4.74 Å². The Labute approximate surface area is 115 Å². The van der Waals surface area contributed by atoms with Crippen molar-refractivity contribution in [3.63, 3.8) is 0 Å². The Kier molecular flexibility index (Phi) is 6.08. The molecule has 1 atom stereocenters. The van der Waals surface area contributed by atoms with Crippen LogP contribution in [-0.4, -0.2) is 12.9 Å². The average Bonchev–Trinajstić information content (AvgIpc) is 2.40. The molecule has 19 heavy (non-hydrogen) atoms. The van der Waals surface area contributed by atoms with Gasteiger partial charge in [-0.15, -0.1) is 0 Å². The first-order valence-corrected chi connectivity index (χ1v) is 6.70. The number of Topliss-reactive ketones (excluding diaryl/α,β-unsaturated/α-hetero) is 1. The largest absolute Gasteiger partial charge is 0.496 e. The number of rotatable bonds is 7. The normalized spacial score (nSPS) is 11.7. The lowest BCUT2D eigenvalue weighted by Gasteiger charge is -2.13. The van der Waals surface area contributed by atoms with Crippen LogP contribution in [0.3, 0.4) is 0 Å². The Morgan fingerprint density at radius 2 is 2.16 bits per heavy atom. The number of nitriles is 1. The number of unbranched alkanes of at least 4 members (excludes halogenated alkanes) is 2. The van der Waals surface area contributed by atoms with E-state index < -0.39 is 5.92 Å². The lowest BCUT2D eigenvalue weighted by molar-refractivity contribution is -0.119. The zero-order chi connectivity index (χ0) is 14.3. The summed E-state index contributed by atoms with van der Waals surface area (Å²) in [5, 5.41) is 9.29. The molecule has 0 bridgehead atoms. The molecule has 0 amide bonds. The first-order valence-electron chi connectivity index (χ1n) is 6.70. The van der Waals surface area contributed by atoms with Gasteiger partial charge in [0.05, 0.1) is 13.2 Å². The van der Waals surface area contributed by atoms with Crippen molar-refractivity contribution in [2.45, 2.75) is 45.4 Å². The summed E-state index contributed by atoms with van der Waals surface area (Å²) in [4.78, 5) is 12.2. The van der Waals surface area contributed by atoms with Gasteiger partial charge in [-0.3, -0.25) is 4.79 Å². The lowest BCUT2D eigenvalue weighted by Crippen LogP contribution is -2.12. The zero-order valence-corrected chi connectivity index (χ0v) is 11.9. The quantitative estimate of drug-likeness (QED) is 0.700. The number of benzene rings is 1. The van der Waals surface area contributed by atoms with Crippen molar-refractivity contribution in [1.82, 2.24) is 0 Å². The van der Waals surface area contributed by atoms with E-state index in [0.717, 1.165) is 24.8 Å². The van der Waals surface area contributed by atoms with Crippen LogP contribution in [-0.2, 0) is 4.79 Å². The van der Waals surface area contributed by atoms with Crippen LogP contribution in [0.2, 0.25) is 0 Å². The molecule has 1 aromatic rings. The molecule has 102 valence electrons. The summed E-state index contributed by atoms with van der Waals surface area (Å²) in [6.45, 7) is 4.04. The second kappa shape index (κ2) is 7.58. The predicted molar refractivity (Wildman–Crippen MR) is 75.2 cm³/mol. The fourth-order valence-electron chi connectivity index (χ4n) is 2.09. The summed E-state index contributed by atoms with van der Waals surface area (Å²) in [6, 6.07) is 7.71. The number of hydrogen-bond donors (Lipinski definition) is 0. The molecule has 1 aromatic carbocycles. The molecule has 0 aliphatic heterocycles. The first kappa shape index (κ1) is 15.2. The minimum absolute atomic E-state index is 0.0140. The third-order valence-corrected chi connectivity index (χ3v) is 3.17. The van der Waals surface area contributed by atoms with Crippen molar-refractivity contribution in [2.24, 2.45) is 0 Å². The van der Waals surface area contributed by atoms with Gasteiger partial charge in [-0.1, -0.05) is 37.5 Å². The summed E-state index contributed by atoms with van der Waals surface area (Å²) in [6.07, 6.45) is 3.40. The topological polar surface area (TPSA) is 50.1 Å². The molecule has 3 nitrogen and oxygen atoms in total. The van der Waals surface area contributed by atoms with Crippen molar-refractivity contribution in [2.75, 3.05) is 7.11 Å². The fourth-order valence-corrected chi connectivity index (χ4v) is 2.09. The maximum atomic E-state index is 12.2. The predicted octanol–water partition coefficient (Wildman–Crippen LogP) is 3.76. The second-order valence-corrected chi connectivity index (χ2v) is 4.73. The minimum Gasteiger partial charge on any atom is -0.496 e. The smallest absolute Gasteiger partial charge is 0.154 e. The van der Waals surface area contributed by atoms with E-state index in [1.807, 2.05) is 25.1 Å². The number of carbonyl (C=O) groups is 1. The van der Waals surface area contributed by atoms with Crippen molar-refractivity contribution in [3.8, 4) is 11.8 Å². The van der Waals surface area contributed by atoms with Gasteiger partial charge in [0.1, 0.15) is 11.7 Å². The average molecular weight is 259 g/mol. The molecule has 0 saturated heterocycles. The van der Waals surface area contributed by atoms with E-state index >= 15 is 0 Å². The number of ether oxygens (including phenoxy) is 1. The minimum atomic E-state index is -0.716. The molecular weight excluding hydrogens is 238 g/mol. The Balaban J connectivity index is 2.94. The van der Waals surface area contributed by atoms with Crippen molar-refractivity contribution < 1.29 is 9.53 Å². The molecule has 1 rings (SSSR count). The Morgan fingerprint density at radius 1 is 1.42 bits per heavy atom. The van der Waals surface area contributed by atoms with E-state index in [1.54, 1.807) is 7.11 Å². The Morgan fingerprint density at radius 3 is 2.74 bits per heavy atom. The SMILES string of the molecule is CCCCCC(=O)C(C#N)c1cc(C)ccc1OC. The van der Waals surface area contributed by atoms with Crippen LogP contribution in [0.5, 0.6) is 5.75 Å². The summed E-state index contributed by atoms with van der Waals surface area (Å²) in [5.41, 5.74) is 1.71. The van der Waals surface area contributed by atoms with Crippen LogP contribution in [0.4, 0.5) is 0 Å². The van der Waals surface area contributed by atoms with Crippen molar-refractivity contribution in [3.05, 3.63) is 29.3 Å². The van der Waals surface area contributed by atoms with E-state index in [-0.39, 0.29) is 5.78 Å². The first-order chi connectivity index (χ1) is 9.13. The summed E-state index contributed by atoms with van der Waals surface area (Å²) >= 11 is 0. The molecule has 0 N–H and O–H groups in total. The number of methoxy groups -OCH3 is 1. The third-order valence-electron chi connectivity index (χ3n) is 3.17. The van der Waals surface area contributed by atoms with Crippen LogP contribution >= 0.6 is 0 Å². The number of aryl methyl sites for hydroxylation is 1. The summed E-state index contributed by atoms with van der Waals surface area (Å²) in [5.74, 6) is -0.118. The van der Waals surface area contributed by atoms with Gasteiger partial charge in [-0.05, 0) is 19.4 Å². The highest BCUT2D eigenvalue weighted by atomic mass is 16.5. The monoisotopic (exact) mass is 259 g/mol. The van der Waals surface area contributed by atoms with Crippen LogP contribution in [0.15, 0.2) is 18.2 Å². The molecule has 0 aliphatic carbocycles. The van der Waals surface area contributed by atoms with Gasteiger partial charge in [0.15, 0.2) is 5.78 Å². The molecule has 0 heterocycles. The highest BCUT2D eigenvalue weighted by Gasteiger charge is 2.23. The third kappa shape index (κ3) is 4.10. The van der Waals surface area contributed by atoms with Crippen molar-refractivity contribution >= 4 is 5.78 Å². The Hall–Kier alpha value is -1.82. The molecule has 0 aliphatic rings. The van der Waals surface area contributed by atoms with E-state index in [0.29, 0.717) is 17.7 Å². The van der Waals surface area contributed by atoms with E-state index in [9.17, 15) is 10.1 Å². The van der Waals surface area contributed by atoms with Gasteiger partial charge < -0.3 is 4.74 Å². The zero-order valence-electron chi connectivity index (χ0n) is 11.9. The maximum Gasteiger partial charge on any atom is 0.154 e. The van der Waals surface area contributed by atoms with Crippen LogP contribution < -0.4 is 4.74 Å². The number of ketones is 1. The van der Waals surface area contributed by atoms with Crippen molar-refractivity contribution in [1.29, 1.82) is 5.26 Å². The molecule has 0 radical (unpaired) electrons. The molecular formula is C16H21NO2. The molecule has 1 unspecified atom stereocenters. The summed E-state index contributed by atoms with van der Waals surface area (Å²) < 4.78 is 5.26. The van der Waals surface area contributed by atoms with Gasteiger partial charge >= 0.3 is 0 Å². The van der Waals surface area contributed by atoms with E-state index in [1.165, 1.54) is 0 Å². The number of hydrogen-bond acceptors (Lipinski definition) is 3. The highest BCUT2D eigenvalue weighted by Crippen LogP contribution is 2.29. The fraction of sp³-hybridized carbons (Fsp3) is 0.500. The van der Waals surface area contributed by atoms with Crippen LogP contribution in [0.1, 0.15) is 49.7 Å².